The number of hydrogen-bond acceptors (Lipinski definition) is 3. The maximum atomic E-state index is 8.69. The molecule has 0 unspecified atom stereocenters. The first-order valence-corrected chi connectivity index (χ1v) is 5.19. The molecular weight excluding hydrogens is 234 g/mol. The largest absolute Gasteiger partial charge is 0.235 e. The Morgan fingerprint density at radius 1 is 1.24 bits per heavy atom. The van der Waals surface area contributed by atoms with Crippen LogP contribution in [-0.2, 0) is 0 Å². The molecule has 17 heavy (non-hydrogen) atoms. The first-order chi connectivity index (χ1) is 8.24. The molecule has 80 valence electrons. The lowest BCUT2D eigenvalue weighted by molar-refractivity contribution is 1.39. The summed E-state index contributed by atoms with van der Waals surface area (Å²) in [6.07, 6.45) is 1.43. The van der Waals surface area contributed by atoms with Crippen molar-refractivity contribution in [3.63, 3.8) is 0 Å². The third-order valence-corrected chi connectivity index (χ3v) is 2.55. The molecule has 2 aromatic rings. The minimum atomic E-state index is 0.00369. The average molecular weight is 240 g/mol. The summed E-state index contributed by atoms with van der Waals surface area (Å²) in [5, 5.41) is 18.6. The van der Waals surface area contributed by atoms with Gasteiger partial charge in [0.1, 0.15) is 22.9 Å². The molecule has 0 saturated heterocycles. The zero-order valence-corrected chi connectivity index (χ0v) is 9.44. The molecule has 0 radical (unpaired) electrons. The van der Waals surface area contributed by atoms with E-state index in [-0.39, 0.29) is 10.7 Å². The molecule has 0 saturated carbocycles. The van der Waals surface area contributed by atoms with Crippen molar-refractivity contribution in [3.05, 3.63) is 46.6 Å². The van der Waals surface area contributed by atoms with E-state index in [2.05, 4.69) is 4.98 Å². The lowest BCUT2D eigenvalue weighted by atomic mass is 10.1. The van der Waals surface area contributed by atoms with Gasteiger partial charge in [-0.05, 0) is 18.2 Å². The monoisotopic (exact) mass is 239 g/mol. The van der Waals surface area contributed by atoms with Gasteiger partial charge in [0.05, 0.1) is 5.52 Å². The van der Waals surface area contributed by atoms with Crippen LogP contribution in [0.25, 0.3) is 17.0 Å². The molecule has 0 bridgehead atoms. The van der Waals surface area contributed by atoms with Crippen LogP contribution in [0.5, 0.6) is 0 Å². The molecule has 4 heteroatoms. The highest BCUT2D eigenvalue weighted by Crippen LogP contribution is 2.22. The number of hydrogen-bond donors (Lipinski definition) is 0. The Kier molecular flexibility index (Phi) is 3.05. The third kappa shape index (κ3) is 2.25. The van der Waals surface area contributed by atoms with Gasteiger partial charge in [-0.1, -0.05) is 29.8 Å². The summed E-state index contributed by atoms with van der Waals surface area (Å²) in [6, 6.07) is 12.9. The fraction of sp³-hybridized carbons (Fsp3) is 0. The predicted molar refractivity (Wildman–Crippen MR) is 66.0 cm³/mol. The van der Waals surface area contributed by atoms with E-state index < -0.39 is 0 Å². The molecule has 1 heterocycles. The molecule has 0 spiro atoms. The van der Waals surface area contributed by atoms with E-state index in [0.29, 0.717) is 5.56 Å². The van der Waals surface area contributed by atoms with E-state index >= 15 is 0 Å². The molecule has 0 aliphatic heterocycles. The molecule has 3 nitrogen and oxygen atoms in total. The SMILES string of the molecule is N#CC(C#N)=Cc1cc2ccccc2nc1Cl. The Labute approximate surface area is 103 Å². The van der Waals surface area contributed by atoms with Crippen molar-refractivity contribution < 1.29 is 0 Å². The van der Waals surface area contributed by atoms with Crippen molar-refractivity contribution >= 4 is 28.6 Å². The second kappa shape index (κ2) is 4.65. The van der Waals surface area contributed by atoms with E-state index in [9.17, 15) is 0 Å². The fourth-order valence-electron chi connectivity index (χ4n) is 1.46. The first-order valence-electron chi connectivity index (χ1n) is 4.82. The third-order valence-electron chi connectivity index (χ3n) is 2.25. The Morgan fingerprint density at radius 2 is 1.94 bits per heavy atom. The van der Waals surface area contributed by atoms with Crippen LogP contribution in [0.2, 0.25) is 5.15 Å². The number of nitrogens with zero attached hydrogens (tertiary/aromatic N) is 3. The van der Waals surface area contributed by atoms with Gasteiger partial charge in [0, 0.05) is 10.9 Å². The van der Waals surface area contributed by atoms with Crippen LogP contribution < -0.4 is 0 Å². The summed E-state index contributed by atoms with van der Waals surface area (Å²) >= 11 is 5.99. The smallest absolute Gasteiger partial charge is 0.137 e. The zero-order valence-electron chi connectivity index (χ0n) is 8.68. The number of allylic oxidation sites excluding steroid dienone is 1. The maximum absolute atomic E-state index is 8.69. The zero-order chi connectivity index (χ0) is 12.3. The summed E-state index contributed by atoms with van der Waals surface area (Å²) in [7, 11) is 0. The van der Waals surface area contributed by atoms with Gasteiger partial charge >= 0.3 is 0 Å². The number of fused-ring (bicyclic) bond motifs is 1. The second-order valence-electron chi connectivity index (χ2n) is 3.34. The van der Waals surface area contributed by atoms with Crippen molar-refractivity contribution in [2.75, 3.05) is 0 Å². The molecule has 0 aliphatic rings. The van der Waals surface area contributed by atoms with Gasteiger partial charge in [-0.2, -0.15) is 10.5 Å². The molecule has 2 rings (SSSR count). The van der Waals surface area contributed by atoms with Crippen molar-refractivity contribution in [1.29, 1.82) is 10.5 Å². The topological polar surface area (TPSA) is 60.5 Å². The number of benzene rings is 1. The predicted octanol–water partition coefficient (Wildman–Crippen LogP) is 3.32. The number of halogens is 1. The Morgan fingerprint density at radius 3 is 2.65 bits per heavy atom. The summed E-state index contributed by atoms with van der Waals surface area (Å²) in [5.41, 5.74) is 1.36. The van der Waals surface area contributed by atoms with E-state index in [0.717, 1.165) is 10.9 Å². The van der Waals surface area contributed by atoms with Crippen molar-refractivity contribution in [2.45, 2.75) is 0 Å². The highest BCUT2D eigenvalue weighted by atomic mass is 35.5. The average Bonchev–Trinajstić information content (AvgIpc) is 2.36. The Bertz CT molecular complexity index is 674. The van der Waals surface area contributed by atoms with E-state index in [1.165, 1.54) is 6.08 Å². The van der Waals surface area contributed by atoms with Crippen LogP contribution in [0.15, 0.2) is 35.9 Å². The van der Waals surface area contributed by atoms with Crippen LogP contribution in [0.1, 0.15) is 5.56 Å². The summed E-state index contributed by atoms with van der Waals surface area (Å²) in [6.45, 7) is 0. The maximum Gasteiger partial charge on any atom is 0.137 e. The summed E-state index contributed by atoms with van der Waals surface area (Å²) in [4.78, 5) is 4.20. The number of para-hydroxylation sites is 1. The molecule has 0 atom stereocenters. The number of pyridine rings is 1. The number of nitriles is 2. The van der Waals surface area contributed by atoms with Gasteiger partial charge in [-0.15, -0.1) is 0 Å². The van der Waals surface area contributed by atoms with Gasteiger partial charge in [0.25, 0.3) is 0 Å². The fourth-order valence-corrected chi connectivity index (χ4v) is 1.66. The van der Waals surface area contributed by atoms with E-state index in [4.69, 9.17) is 22.1 Å². The van der Waals surface area contributed by atoms with Gasteiger partial charge < -0.3 is 0 Å². The van der Waals surface area contributed by atoms with Crippen LogP contribution in [0.4, 0.5) is 0 Å². The second-order valence-corrected chi connectivity index (χ2v) is 3.70. The van der Waals surface area contributed by atoms with Crippen molar-refractivity contribution in [3.8, 4) is 12.1 Å². The van der Waals surface area contributed by atoms with Gasteiger partial charge in [0.15, 0.2) is 0 Å². The van der Waals surface area contributed by atoms with Crippen LogP contribution in [0, 0.1) is 22.7 Å². The highest BCUT2D eigenvalue weighted by molar-refractivity contribution is 6.31. The molecule has 0 fully saturated rings. The lowest BCUT2D eigenvalue weighted by Crippen LogP contribution is -1.85. The molecule has 1 aromatic heterocycles. The highest BCUT2D eigenvalue weighted by Gasteiger charge is 2.03. The van der Waals surface area contributed by atoms with Crippen LogP contribution in [-0.4, -0.2) is 4.98 Å². The normalized spacial score (nSPS) is 9.35. The summed E-state index contributed by atoms with van der Waals surface area (Å²) in [5.74, 6) is 0. The molecular formula is C13H6ClN3. The van der Waals surface area contributed by atoms with Gasteiger partial charge in [0.2, 0.25) is 0 Å². The minimum absolute atomic E-state index is 0.00369. The Balaban J connectivity index is 2.64. The molecule has 0 aliphatic carbocycles. The van der Waals surface area contributed by atoms with Crippen molar-refractivity contribution in [1.82, 2.24) is 4.98 Å². The van der Waals surface area contributed by atoms with Crippen molar-refractivity contribution in [2.24, 2.45) is 0 Å². The minimum Gasteiger partial charge on any atom is -0.235 e. The van der Waals surface area contributed by atoms with Crippen LogP contribution >= 0.6 is 11.6 Å². The molecule has 0 amide bonds. The van der Waals surface area contributed by atoms with Gasteiger partial charge in [-0.25, -0.2) is 4.98 Å². The molecule has 0 N–H and O–H groups in total. The lowest BCUT2D eigenvalue weighted by Gasteiger charge is -2.01. The van der Waals surface area contributed by atoms with E-state index in [1.54, 1.807) is 18.2 Å². The van der Waals surface area contributed by atoms with Crippen LogP contribution in [0.3, 0.4) is 0 Å². The van der Waals surface area contributed by atoms with Gasteiger partial charge in [-0.3, -0.25) is 0 Å². The molecule has 1 aromatic carbocycles. The standard InChI is InChI=1S/C13H6ClN3/c14-13-11(5-9(7-15)8-16)6-10-3-1-2-4-12(10)17-13/h1-6H. The number of aromatic nitrogens is 1. The quantitative estimate of drug-likeness (QED) is 0.567. The summed E-state index contributed by atoms with van der Waals surface area (Å²) < 4.78 is 0. The Hall–Kier alpha value is -2.36. The van der Waals surface area contributed by atoms with E-state index in [1.807, 2.05) is 24.3 Å². The first kappa shape index (κ1) is 11.1. The number of rotatable bonds is 1.